The van der Waals surface area contributed by atoms with Gasteiger partial charge in [-0.3, -0.25) is 0 Å². The molecular weight excluding hydrogens is 342 g/mol. The van der Waals surface area contributed by atoms with Gasteiger partial charge in [0.2, 0.25) is 6.62 Å². The van der Waals surface area contributed by atoms with Crippen LogP contribution in [0.4, 0.5) is 0 Å². The smallest absolute Gasteiger partial charge is 0.0620 e. The first-order chi connectivity index (χ1) is 9.82. The van der Waals surface area contributed by atoms with Crippen molar-refractivity contribution in [2.24, 2.45) is 0 Å². The maximum absolute atomic E-state index is 7.23. The Labute approximate surface area is 141 Å². The van der Waals surface area contributed by atoms with Crippen molar-refractivity contribution in [3.05, 3.63) is 91.0 Å². The number of halogens is 1. The van der Waals surface area contributed by atoms with E-state index in [4.69, 9.17) is 11.2 Å². The summed E-state index contributed by atoms with van der Waals surface area (Å²) in [6.07, 6.45) is 0. The Hall–Kier alpha value is -1.11. The quantitative estimate of drug-likeness (QED) is 0.619. The van der Waals surface area contributed by atoms with Crippen molar-refractivity contribution in [2.75, 3.05) is 0 Å². The summed E-state index contributed by atoms with van der Waals surface area (Å²) in [5, 5.41) is 3.58. The average Bonchev–Trinajstić information content (AvgIpc) is 2.56. The Kier molecular flexibility index (Phi) is 5.61. The molecule has 3 aromatic carbocycles. The van der Waals surface area contributed by atoms with Gasteiger partial charge in [-0.15, -0.1) is 0 Å². The molecule has 0 aliphatic carbocycles. The Morgan fingerprint density at radius 2 is 0.714 bits per heavy atom. The predicted octanol–water partition coefficient (Wildman–Crippen LogP) is 4.13. The fraction of sp³-hybridized carbons (Fsp3) is 0. The summed E-state index contributed by atoms with van der Waals surface area (Å²) in [7, 11) is 0. The molecule has 0 saturated heterocycles. The minimum Gasteiger partial charge on any atom is -0.0620 e. The van der Waals surface area contributed by atoms with Crippen molar-refractivity contribution in [1.82, 2.24) is 0 Å². The molecule has 1 radical (unpaired) electrons. The fourth-order valence-electron chi connectivity index (χ4n) is 2.35. The molecular formula is C18H15ClCoP+. The molecule has 0 spiro atoms. The van der Waals surface area contributed by atoms with Gasteiger partial charge in [-0.2, -0.15) is 0 Å². The Bertz CT molecular complexity index is 575. The van der Waals surface area contributed by atoms with E-state index in [1.165, 1.54) is 15.9 Å². The van der Waals surface area contributed by atoms with Gasteiger partial charge in [-0.1, -0.05) is 54.6 Å². The molecule has 0 unspecified atom stereocenters. The topological polar surface area (TPSA) is 0 Å². The van der Waals surface area contributed by atoms with E-state index in [2.05, 4.69) is 72.8 Å². The molecule has 3 rings (SSSR count). The number of benzene rings is 3. The summed E-state index contributed by atoms with van der Waals surface area (Å²) < 4.78 is 0. The first-order valence-electron chi connectivity index (χ1n) is 6.57. The van der Waals surface area contributed by atoms with Crippen LogP contribution in [0.15, 0.2) is 91.0 Å². The minimum atomic E-state index is -2.05. The van der Waals surface area contributed by atoms with Crippen LogP contribution >= 0.6 is 17.9 Å². The third-order valence-corrected chi connectivity index (χ3v) is 8.12. The third kappa shape index (κ3) is 3.22. The first-order valence-corrected chi connectivity index (χ1v) is 9.27. The molecule has 0 aromatic heterocycles. The minimum absolute atomic E-state index is 0. The molecule has 0 aliphatic heterocycles. The van der Waals surface area contributed by atoms with E-state index in [0.29, 0.717) is 0 Å². The van der Waals surface area contributed by atoms with E-state index in [1.807, 2.05) is 18.2 Å². The summed E-state index contributed by atoms with van der Waals surface area (Å²) in [4.78, 5) is 0. The van der Waals surface area contributed by atoms with Gasteiger partial charge in [-0.05, 0) is 36.4 Å². The van der Waals surface area contributed by atoms with Crippen LogP contribution in [0.3, 0.4) is 0 Å². The van der Waals surface area contributed by atoms with Crippen molar-refractivity contribution < 1.29 is 16.8 Å². The van der Waals surface area contributed by atoms with E-state index in [9.17, 15) is 0 Å². The third-order valence-electron chi connectivity index (χ3n) is 3.34. The molecule has 21 heavy (non-hydrogen) atoms. The molecule has 3 aromatic rings. The maximum Gasteiger partial charge on any atom is 0.210 e. The molecule has 0 heterocycles. The number of rotatable bonds is 3. The van der Waals surface area contributed by atoms with Crippen molar-refractivity contribution in [3.63, 3.8) is 0 Å². The van der Waals surface area contributed by atoms with Gasteiger partial charge in [0.1, 0.15) is 27.2 Å². The Morgan fingerprint density at radius 1 is 0.476 bits per heavy atom. The van der Waals surface area contributed by atoms with Crippen LogP contribution in [-0.2, 0) is 16.8 Å². The molecule has 0 atom stereocenters. The van der Waals surface area contributed by atoms with Crippen molar-refractivity contribution >= 4 is 33.8 Å². The summed E-state index contributed by atoms with van der Waals surface area (Å²) in [5.74, 6) is 0. The SMILES string of the molecule is Cl[P+](c1ccccc1)(c1ccccc1)c1ccccc1.[Co]. The molecule has 0 nitrogen and oxygen atoms in total. The maximum atomic E-state index is 7.23. The second-order valence-electron chi connectivity index (χ2n) is 4.60. The number of hydrogen-bond acceptors (Lipinski definition) is 0. The summed E-state index contributed by atoms with van der Waals surface area (Å²) >= 11 is 7.23. The van der Waals surface area contributed by atoms with Gasteiger partial charge < -0.3 is 0 Å². The van der Waals surface area contributed by atoms with Crippen molar-refractivity contribution in [2.45, 2.75) is 0 Å². The molecule has 3 heteroatoms. The summed E-state index contributed by atoms with van der Waals surface area (Å²) in [6, 6.07) is 31.2. The molecule has 0 bridgehead atoms. The van der Waals surface area contributed by atoms with Gasteiger partial charge >= 0.3 is 0 Å². The van der Waals surface area contributed by atoms with Gasteiger partial charge in [0, 0.05) is 16.8 Å². The van der Waals surface area contributed by atoms with Crippen LogP contribution in [0.25, 0.3) is 0 Å². The fourth-order valence-corrected chi connectivity index (χ4v) is 6.00. The predicted molar refractivity (Wildman–Crippen MR) is 91.0 cm³/mol. The molecule has 0 amide bonds. The van der Waals surface area contributed by atoms with Gasteiger partial charge in [0.15, 0.2) is 0 Å². The second-order valence-corrected chi connectivity index (χ2v) is 8.84. The van der Waals surface area contributed by atoms with E-state index in [0.717, 1.165) is 0 Å². The molecule has 0 saturated carbocycles. The van der Waals surface area contributed by atoms with Crippen LogP contribution in [0, 0.1) is 0 Å². The van der Waals surface area contributed by atoms with Crippen LogP contribution in [0.5, 0.6) is 0 Å². The van der Waals surface area contributed by atoms with E-state index < -0.39 is 6.62 Å². The van der Waals surface area contributed by atoms with Crippen LogP contribution in [-0.4, -0.2) is 0 Å². The average molecular weight is 357 g/mol. The van der Waals surface area contributed by atoms with Crippen LogP contribution in [0.1, 0.15) is 0 Å². The molecule has 107 valence electrons. The Morgan fingerprint density at radius 3 is 0.952 bits per heavy atom. The van der Waals surface area contributed by atoms with E-state index in [1.54, 1.807) is 0 Å². The molecule has 0 fully saturated rings. The van der Waals surface area contributed by atoms with Gasteiger partial charge in [-0.25, -0.2) is 0 Å². The Balaban J connectivity index is 0.00000161. The molecule has 0 N–H and O–H groups in total. The zero-order valence-corrected chi connectivity index (χ0v) is 14.0. The summed E-state index contributed by atoms with van der Waals surface area (Å²) in [6.45, 7) is -2.05. The van der Waals surface area contributed by atoms with Gasteiger partial charge in [0.05, 0.1) is 0 Å². The standard InChI is InChI=1S/C18H15ClP.Co/c19-20(16-10-4-1-5-11-16,17-12-6-2-7-13-17)18-14-8-3-9-15-18;/h1-15H;/q+1;. The molecule has 0 aliphatic rings. The first kappa shape index (κ1) is 16.3. The number of hydrogen-bond donors (Lipinski definition) is 0. The van der Waals surface area contributed by atoms with Gasteiger partial charge in [0.25, 0.3) is 0 Å². The van der Waals surface area contributed by atoms with Crippen LogP contribution in [0.2, 0.25) is 0 Å². The van der Waals surface area contributed by atoms with E-state index in [-0.39, 0.29) is 16.8 Å². The van der Waals surface area contributed by atoms with E-state index >= 15 is 0 Å². The zero-order chi connectivity index (χ0) is 13.8. The van der Waals surface area contributed by atoms with Crippen molar-refractivity contribution in [1.29, 1.82) is 0 Å². The zero-order valence-electron chi connectivity index (χ0n) is 11.3. The monoisotopic (exact) mass is 356 g/mol. The van der Waals surface area contributed by atoms with Crippen LogP contribution < -0.4 is 15.9 Å². The van der Waals surface area contributed by atoms with Crippen molar-refractivity contribution in [3.8, 4) is 0 Å². The second kappa shape index (κ2) is 7.24. The summed E-state index contributed by atoms with van der Waals surface area (Å²) in [5.41, 5.74) is 0. The normalized spacial score (nSPS) is 10.7. The largest absolute Gasteiger partial charge is 0.210 e.